The number of anilines is 1. The monoisotopic (exact) mass is 373 g/mol. The Morgan fingerprint density at radius 3 is 2.50 bits per heavy atom. The molecule has 140 valence electrons. The fourth-order valence-electron chi connectivity index (χ4n) is 3.60. The van der Waals surface area contributed by atoms with Crippen LogP contribution in [0, 0.1) is 0 Å². The first kappa shape index (κ1) is 19.0. The van der Waals surface area contributed by atoms with Crippen molar-refractivity contribution in [1.82, 2.24) is 4.90 Å². The van der Waals surface area contributed by atoms with E-state index in [1.807, 2.05) is 29.2 Å². The number of thioether (sulfide) groups is 1. The maximum absolute atomic E-state index is 12.8. The molecule has 0 bridgehead atoms. The van der Waals surface area contributed by atoms with Crippen molar-refractivity contribution in [2.45, 2.75) is 63.2 Å². The van der Waals surface area contributed by atoms with Crippen molar-refractivity contribution in [2.24, 2.45) is 4.99 Å². The van der Waals surface area contributed by atoms with Crippen molar-refractivity contribution >= 4 is 34.4 Å². The largest absolute Gasteiger partial charge is 0.326 e. The van der Waals surface area contributed by atoms with E-state index < -0.39 is 0 Å². The molecule has 2 amide bonds. The fourth-order valence-corrected chi connectivity index (χ4v) is 4.77. The normalized spacial score (nSPS) is 22.6. The maximum atomic E-state index is 12.8. The van der Waals surface area contributed by atoms with Gasteiger partial charge in [0.05, 0.1) is 0 Å². The Hall–Kier alpha value is -1.82. The highest BCUT2D eigenvalue weighted by Crippen LogP contribution is 2.35. The van der Waals surface area contributed by atoms with Crippen molar-refractivity contribution in [3.8, 4) is 0 Å². The summed E-state index contributed by atoms with van der Waals surface area (Å²) in [6.07, 6.45) is 4.57. The Labute approximate surface area is 159 Å². The first-order chi connectivity index (χ1) is 12.5. The molecule has 2 aliphatic rings. The van der Waals surface area contributed by atoms with Gasteiger partial charge in [-0.05, 0) is 36.5 Å². The first-order valence-corrected chi connectivity index (χ1v) is 10.2. The zero-order valence-corrected chi connectivity index (χ0v) is 16.5. The lowest BCUT2D eigenvalue weighted by Crippen LogP contribution is -2.40. The number of hydrogen-bond acceptors (Lipinski definition) is 4. The molecule has 3 rings (SSSR count). The molecule has 1 aliphatic heterocycles. The molecular weight excluding hydrogens is 346 g/mol. The molecule has 1 aromatic carbocycles. The van der Waals surface area contributed by atoms with Crippen molar-refractivity contribution in [1.29, 1.82) is 0 Å². The highest BCUT2D eigenvalue weighted by Gasteiger charge is 2.42. The predicted molar refractivity (Wildman–Crippen MR) is 108 cm³/mol. The van der Waals surface area contributed by atoms with Crippen LogP contribution in [-0.2, 0) is 9.59 Å². The minimum Gasteiger partial charge on any atom is -0.326 e. The van der Waals surface area contributed by atoms with Crippen LogP contribution in [0.3, 0.4) is 0 Å². The zero-order valence-electron chi connectivity index (χ0n) is 15.7. The predicted octanol–water partition coefficient (Wildman–Crippen LogP) is 4.01. The average Bonchev–Trinajstić information content (AvgIpc) is 3.23. The SMILES string of the molecule is CN=C1S[C@H](CC(=O)Nc2ccc(C(C)C)cc2)C(=O)N1C1CCCC1. The third kappa shape index (κ3) is 4.11. The lowest BCUT2D eigenvalue weighted by Gasteiger charge is -2.23. The van der Waals surface area contributed by atoms with Gasteiger partial charge in [-0.3, -0.25) is 19.5 Å². The molecule has 1 N–H and O–H groups in total. The minimum absolute atomic E-state index is 0.0350. The number of carbonyl (C=O) groups is 2. The summed E-state index contributed by atoms with van der Waals surface area (Å²) in [6.45, 7) is 4.28. The van der Waals surface area contributed by atoms with Gasteiger partial charge in [0, 0.05) is 25.2 Å². The number of hydrogen-bond donors (Lipinski definition) is 1. The minimum atomic E-state index is -0.371. The molecule has 1 heterocycles. The van der Waals surface area contributed by atoms with Gasteiger partial charge < -0.3 is 5.32 Å². The number of rotatable bonds is 5. The van der Waals surface area contributed by atoms with Crippen LogP contribution in [0.5, 0.6) is 0 Å². The molecule has 1 aromatic rings. The third-order valence-corrected chi connectivity index (χ3v) is 6.32. The van der Waals surface area contributed by atoms with E-state index in [-0.39, 0.29) is 29.5 Å². The lowest BCUT2D eigenvalue weighted by atomic mass is 10.0. The third-order valence-electron chi connectivity index (χ3n) is 5.08. The van der Waals surface area contributed by atoms with Crippen LogP contribution in [0.4, 0.5) is 5.69 Å². The molecule has 0 spiro atoms. The van der Waals surface area contributed by atoms with Gasteiger partial charge in [0.25, 0.3) is 0 Å². The van der Waals surface area contributed by atoms with Crippen molar-refractivity contribution in [3.05, 3.63) is 29.8 Å². The van der Waals surface area contributed by atoms with E-state index in [9.17, 15) is 9.59 Å². The van der Waals surface area contributed by atoms with E-state index in [4.69, 9.17) is 0 Å². The van der Waals surface area contributed by atoms with Gasteiger partial charge in [-0.15, -0.1) is 0 Å². The summed E-state index contributed by atoms with van der Waals surface area (Å²) >= 11 is 1.42. The quantitative estimate of drug-likeness (QED) is 0.848. The zero-order chi connectivity index (χ0) is 18.7. The smallest absolute Gasteiger partial charge is 0.242 e. The van der Waals surface area contributed by atoms with Crippen LogP contribution in [0.2, 0.25) is 0 Å². The van der Waals surface area contributed by atoms with Gasteiger partial charge >= 0.3 is 0 Å². The van der Waals surface area contributed by atoms with Crippen molar-refractivity contribution in [3.63, 3.8) is 0 Å². The second-order valence-corrected chi connectivity index (χ2v) is 8.46. The first-order valence-electron chi connectivity index (χ1n) is 9.36. The summed E-state index contributed by atoms with van der Waals surface area (Å²) in [7, 11) is 1.72. The summed E-state index contributed by atoms with van der Waals surface area (Å²) in [5.41, 5.74) is 2.01. The molecule has 0 unspecified atom stereocenters. The van der Waals surface area contributed by atoms with Gasteiger partial charge in [0.2, 0.25) is 11.8 Å². The summed E-state index contributed by atoms with van der Waals surface area (Å²) in [5.74, 6) is 0.366. The molecule has 2 fully saturated rings. The summed E-state index contributed by atoms with van der Waals surface area (Å²) in [5, 5.41) is 3.30. The number of aliphatic imine (C=N–C) groups is 1. The topological polar surface area (TPSA) is 61.8 Å². The van der Waals surface area contributed by atoms with Gasteiger partial charge in [0.1, 0.15) is 5.25 Å². The number of amidine groups is 1. The molecule has 26 heavy (non-hydrogen) atoms. The Morgan fingerprint density at radius 1 is 1.27 bits per heavy atom. The van der Waals surface area contributed by atoms with E-state index >= 15 is 0 Å². The lowest BCUT2D eigenvalue weighted by molar-refractivity contribution is -0.129. The number of nitrogens with one attached hydrogen (secondary N) is 1. The van der Waals surface area contributed by atoms with Gasteiger partial charge in [-0.1, -0.05) is 50.6 Å². The second-order valence-electron chi connectivity index (χ2n) is 7.29. The molecule has 5 nitrogen and oxygen atoms in total. The summed E-state index contributed by atoms with van der Waals surface area (Å²) in [6, 6.07) is 8.14. The molecule has 1 aliphatic carbocycles. The summed E-state index contributed by atoms with van der Waals surface area (Å²) in [4.78, 5) is 31.4. The van der Waals surface area contributed by atoms with E-state index in [0.717, 1.165) is 36.5 Å². The number of nitrogens with zero attached hydrogens (tertiary/aromatic N) is 2. The van der Waals surface area contributed by atoms with Gasteiger partial charge in [0.15, 0.2) is 5.17 Å². The average molecular weight is 374 g/mol. The van der Waals surface area contributed by atoms with Crippen LogP contribution >= 0.6 is 11.8 Å². The Morgan fingerprint density at radius 2 is 1.92 bits per heavy atom. The molecule has 1 atom stereocenters. The Bertz CT molecular complexity index is 694. The Kier molecular flexibility index (Phi) is 6.01. The number of amides is 2. The molecule has 1 saturated heterocycles. The van der Waals surface area contributed by atoms with E-state index in [1.165, 1.54) is 17.3 Å². The van der Waals surface area contributed by atoms with Crippen molar-refractivity contribution in [2.75, 3.05) is 12.4 Å². The number of benzene rings is 1. The maximum Gasteiger partial charge on any atom is 0.242 e. The molecular formula is C20H27N3O2S. The highest BCUT2D eigenvalue weighted by atomic mass is 32.2. The second kappa shape index (κ2) is 8.25. The van der Waals surface area contributed by atoms with Crippen LogP contribution in [-0.4, -0.2) is 40.2 Å². The van der Waals surface area contributed by atoms with E-state index in [2.05, 4.69) is 24.2 Å². The number of carbonyl (C=O) groups excluding carboxylic acids is 2. The van der Waals surface area contributed by atoms with Crippen LogP contribution in [0.1, 0.15) is 57.4 Å². The molecule has 0 aromatic heterocycles. The van der Waals surface area contributed by atoms with Gasteiger partial charge in [-0.2, -0.15) is 0 Å². The van der Waals surface area contributed by atoms with E-state index in [1.54, 1.807) is 7.05 Å². The van der Waals surface area contributed by atoms with Crippen LogP contribution < -0.4 is 5.32 Å². The standard InChI is InChI=1S/C20H27N3O2S/c1-13(2)14-8-10-15(11-9-14)22-18(24)12-17-19(25)23(20(21-3)26-17)16-6-4-5-7-16/h8-11,13,16-17H,4-7,12H2,1-3H3,(H,22,24)/t17-/m1/s1. The summed E-state index contributed by atoms with van der Waals surface area (Å²) < 4.78 is 0. The van der Waals surface area contributed by atoms with Crippen molar-refractivity contribution < 1.29 is 9.59 Å². The highest BCUT2D eigenvalue weighted by molar-refractivity contribution is 8.15. The van der Waals surface area contributed by atoms with Gasteiger partial charge in [-0.25, -0.2) is 0 Å². The fraction of sp³-hybridized carbons (Fsp3) is 0.550. The molecule has 1 saturated carbocycles. The molecule has 6 heteroatoms. The van der Waals surface area contributed by atoms with Crippen LogP contribution in [0.15, 0.2) is 29.3 Å². The van der Waals surface area contributed by atoms with Crippen LogP contribution in [0.25, 0.3) is 0 Å². The van der Waals surface area contributed by atoms with E-state index in [0.29, 0.717) is 5.92 Å². The Balaban J connectivity index is 1.61. The molecule has 0 radical (unpaired) electrons.